The van der Waals surface area contributed by atoms with Crippen LogP contribution < -0.4 is 10.3 Å². The minimum Gasteiger partial charge on any atom is -0.486 e. The molecule has 0 amide bonds. The molecule has 0 saturated heterocycles. The van der Waals surface area contributed by atoms with Crippen molar-refractivity contribution in [3.8, 4) is 5.75 Å². The van der Waals surface area contributed by atoms with Gasteiger partial charge in [0, 0.05) is 17.7 Å². The van der Waals surface area contributed by atoms with E-state index >= 15 is 0 Å². The Morgan fingerprint density at radius 2 is 2.05 bits per heavy atom. The van der Waals surface area contributed by atoms with Crippen molar-refractivity contribution in [3.05, 3.63) is 57.8 Å². The van der Waals surface area contributed by atoms with E-state index in [0.717, 1.165) is 0 Å². The smallest absolute Gasteiger partial charge is 0.303 e. The maximum atomic E-state index is 11.9. The molecule has 1 aromatic heterocycles. The lowest BCUT2D eigenvalue weighted by atomic mass is 10.1. The maximum absolute atomic E-state index is 11.9. The van der Waals surface area contributed by atoms with Crippen molar-refractivity contribution < 1.29 is 14.6 Å². The number of hydrogen-bond donors (Lipinski definition) is 2. The van der Waals surface area contributed by atoms with Crippen molar-refractivity contribution in [3.63, 3.8) is 0 Å². The van der Waals surface area contributed by atoms with Crippen LogP contribution in [0.15, 0.2) is 35.1 Å². The topological polar surface area (TPSA) is 92.3 Å². The summed E-state index contributed by atoms with van der Waals surface area (Å²) in [4.78, 5) is 29.4. The number of benzene rings is 1. The minimum absolute atomic E-state index is 0.0918. The summed E-state index contributed by atoms with van der Waals surface area (Å²) in [7, 11) is 0. The summed E-state index contributed by atoms with van der Waals surface area (Å²) in [6.07, 6.45) is 0.0782. The molecule has 0 fully saturated rings. The van der Waals surface area contributed by atoms with Gasteiger partial charge in [-0.3, -0.25) is 9.59 Å². The molecule has 6 heteroatoms. The Morgan fingerprint density at radius 3 is 2.67 bits per heavy atom. The number of nitrogens with one attached hydrogen (secondary N) is 1. The number of aryl methyl sites for hydroxylation is 1. The van der Waals surface area contributed by atoms with Crippen LogP contribution in [0, 0.1) is 6.92 Å². The number of aromatic nitrogens is 2. The summed E-state index contributed by atoms with van der Waals surface area (Å²) in [5, 5.41) is 8.67. The first-order valence-corrected chi connectivity index (χ1v) is 6.54. The molecule has 0 radical (unpaired) electrons. The van der Waals surface area contributed by atoms with Crippen molar-refractivity contribution in [2.24, 2.45) is 0 Å². The van der Waals surface area contributed by atoms with Gasteiger partial charge >= 0.3 is 5.97 Å². The number of carboxylic acid groups (broad SMARTS) is 1. The first-order chi connectivity index (χ1) is 10.1. The van der Waals surface area contributed by atoms with Crippen LogP contribution in [0.4, 0.5) is 0 Å². The normalized spacial score (nSPS) is 10.3. The Kier molecular flexibility index (Phi) is 4.71. The number of para-hydroxylation sites is 1. The zero-order valence-corrected chi connectivity index (χ0v) is 11.6. The van der Waals surface area contributed by atoms with Crippen LogP contribution in [0.5, 0.6) is 5.75 Å². The molecule has 0 saturated carbocycles. The van der Waals surface area contributed by atoms with E-state index in [9.17, 15) is 9.59 Å². The largest absolute Gasteiger partial charge is 0.486 e. The molecule has 2 rings (SSSR count). The van der Waals surface area contributed by atoms with E-state index in [1.807, 2.05) is 30.3 Å². The summed E-state index contributed by atoms with van der Waals surface area (Å²) in [6, 6.07) is 9.21. The lowest BCUT2D eigenvalue weighted by molar-refractivity contribution is -0.136. The molecule has 21 heavy (non-hydrogen) atoms. The van der Waals surface area contributed by atoms with E-state index in [1.54, 1.807) is 6.92 Å². The number of aromatic amines is 1. The van der Waals surface area contributed by atoms with Crippen molar-refractivity contribution in [2.45, 2.75) is 26.4 Å². The third-order valence-electron chi connectivity index (χ3n) is 2.98. The van der Waals surface area contributed by atoms with Gasteiger partial charge in [-0.1, -0.05) is 18.2 Å². The highest BCUT2D eigenvalue weighted by molar-refractivity contribution is 5.67. The highest BCUT2D eigenvalue weighted by atomic mass is 16.5. The number of rotatable bonds is 6. The van der Waals surface area contributed by atoms with Gasteiger partial charge in [0.25, 0.3) is 5.56 Å². The van der Waals surface area contributed by atoms with Crippen LogP contribution in [0.3, 0.4) is 0 Å². The molecule has 6 nitrogen and oxygen atoms in total. The molecular weight excluding hydrogens is 272 g/mol. The summed E-state index contributed by atoms with van der Waals surface area (Å²) in [5.41, 5.74) is 0.628. The van der Waals surface area contributed by atoms with Crippen LogP contribution in [0.1, 0.15) is 23.5 Å². The number of aliphatic carboxylic acids is 1. The maximum Gasteiger partial charge on any atom is 0.303 e. The van der Waals surface area contributed by atoms with Crippen molar-refractivity contribution >= 4 is 5.97 Å². The molecule has 2 N–H and O–H groups in total. The van der Waals surface area contributed by atoms with Gasteiger partial charge in [0.05, 0.1) is 0 Å². The molecular formula is C15H16N2O4. The standard InChI is InChI=1S/C15H16N2O4/c1-10-12(7-8-14(18)19)15(20)17-13(16-10)9-21-11-5-3-2-4-6-11/h2-6H,7-9H2,1H3,(H,18,19)(H,16,17,20). The van der Waals surface area contributed by atoms with Crippen LogP contribution in [0.2, 0.25) is 0 Å². The van der Waals surface area contributed by atoms with Gasteiger partial charge in [0.15, 0.2) is 0 Å². The molecule has 0 aliphatic carbocycles. The van der Waals surface area contributed by atoms with Crippen molar-refractivity contribution in [1.82, 2.24) is 9.97 Å². The van der Waals surface area contributed by atoms with E-state index in [0.29, 0.717) is 22.8 Å². The predicted molar refractivity (Wildman–Crippen MR) is 76.3 cm³/mol. The molecule has 110 valence electrons. The van der Waals surface area contributed by atoms with Gasteiger partial charge in [-0.05, 0) is 25.5 Å². The highest BCUT2D eigenvalue weighted by Crippen LogP contribution is 2.10. The summed E-state index contributed by atoms with van der Waals surface area (Å²) < 4.78 is 5.51. The van der Waals surface area contributed by atoms with Gasteiger partial charge in [0.2, 0.25) is 0 Å². The third-order valence-corrected chi connectivity index (χ3v) is 2.98. The number of hydrogen-bond acceptors (Lipinski definition) is 4. The molecule has 0 atom stereocenters. The molecule has 1 aromatic carbocycles. The number of carbonyl (C=O) groups is 1. The average Bonchev–Trinajstić information content (AvgIpc) is 2.45. The second-order valence-corrected chi connectivity index (χ2v) is 4.57. The SMILES string of the molecule is Cc1nc(COc2ccccc2)[nH]c(=O)c1CCC(=O)O. The highest BCUT2D eigenvalue weighted by Gasteiger charge is 2.10. The Bertz CT molecular complexity index is 680. The number of nitrogens with zero attached hydrogens (tertiary/aromatic N) is 1. The molecule has 1 heterocycles. The summed E-state index contributed by atoms with van der Waals surface area (Å²) >= 11 is 0. The fourth-order valence-electron chi connectivity index (χ4n) is 1.93. The fourth-order valence-corrected chi connectivity index (χ4v) is 1.93. The summed E-state index contributed by atoms with van der Waals surface area (Å²) in [5.74, 6) is 0.165. The molecule has 0 bridgehead atoms. The second-order valence-electron chi connectivity index (χ2n) is 4.57. The van der Waals surface area contributed by atoms with Gasteiger partial charge in [-0.15, -0.1) is 0 Å². The van der Waals surface area contributed by atoms with Crippen molar-refractivity contribution in [1.29, 1.82) is 0 Å². The first-order valence-electron chi connectivity index (χ1n) is 6.54. The van der Waals surface area contributed by atoms with E-state index in [4.69, 9.17) is 9.84 Å². The van der Waals surface area contributed by atoms with Gasteiger partial charge in [0.1, 0.15) is 18.2 Å². The van der Waals surface area contributed by atoms with E-state index in [1.165, 1.54) is 0 Å². The monoisotopic (exact) mass is 288 g/mol. The molecule has 0 spiro atoms. The number of carboxylic acids is 1. The minimum atomic E-state index is -0.940. The van der Waals surface area contributed by atoms with Crippen molar-refractivity contribution in [2.75, 3.05) is 0 Å². The quantitative estimate of drug-likeness (QED) is 0.843. The number of H-pyrrole nitrogens is 1. The van der Waals surface area contributed by atoms with Gasteiger partial charge in [-0.25, -0.2) is 4.98 Å². The van der Waals surface area contributed by atoms with Crippen LogP contribution in [-0.4, -0.2) is 21.0 Å². The molecule has 0 unspecified atom stereocenters. The predicted octanol–water partition coefficient (Wildman–Crippen LogP) is 1.67. The van der Waals surface area contributed by atoms with Crippen LogP contribution >= 0.6 is 0 Å². The summed E-state index contributed by atoms with van der Waals surface area (Å²) in [6.45, 7) is 1.84. The Balaban J connectivity index is 2.09. The molecule has 0 aliphatic heterocycles. The lowest BCUT2D eigenvalue weighted by Gasteiger charge is -2.08. The Hall–Kier alpha value is -2.63. The van der Waals surface area contributed by atoms with E-state index < -0.39 is 5.97 Å². The second kappa shape index (κ2) is 6.69. The first kappa shape index (κ1) is 14.8. The fraction of sp³-hybridized carbons (Fsp3) is 0.267. The van der Waals surface area contributed by atoms with E-state index in [-0.39, 0.29) is 25.0 Å². The van der Waals surface area contributed by atoms with Crippen LogP contribution in [-0.2, 0) is 17.8 Å². The van der Waals surface area contributed by atoms with Gasteiger partial charge in [-0.2, -0.15) is 0 Å². The zero-order valence-electron chi connectivity index (χ0n) is 11.6. The van der Waals surface area contributed by atoms with Gasteiger partial charge < -0.3 is 14.8 Å². The average molecular weight is 288 g/mol. The number of ether oxygens (including phenoxy) is 1. The Morgan fingerprint density at radius 1 is 1.33 bits per heavy atom. The molecule has 0 aliphatic rings. The lowest BCUT2D eigenvalue weighted by Crippen LogP contribution is -2.20. The zero-order chi connectivity index (χ0) is 15.2. The van der Waals surface area contributed by atoms with E-state index in [2.05, 4.69) is 9.97 Å². The Labute approximate surface area is 121 Å². The van der Waals surface area contributed by atoms with Crippen LogP contribution in [0.25, 0.3) is 0 Å². The third kappa shape index (κ3) is 4.17. The molecule has 2 aromatic rings.